The lowest BCUT2D eigenvalue weighted by Crippen LogP contribution is -2.21. The average molecular weight is 405 g/mol. The summed E-state index contributed by atoms with van der Waals surface area (Å²) in [5.74, 6) is 2.34. The molecule has 30 heavy (non-hydrogen) atoms. The van der Waals surface area contributed by atoms with Gasteiger partial charge in [0.15, 0.2) is 12.4 Å². The predicted octanol–water partition coefficient (Wildman–Crippen LogP) is 3.95. The van der Waals surface area contributed by atoms with Crippen LogP contribution in [0, 0.1) is 0 Å². The van der Waals surface area contributed by atoms with E-state index in [9.17, 15) is 4.79 Å². The van der Waals surface area contributed by atoms with Crippen molar-refractivity contribution in [3.63, 3.8) is 0 Å². The number of amides is 1. The number of anilines is 1. The van der Waals surface area contributed by atoms with Gasteiger partial charge in [0.25, 0.3) is 5.91 Å². The average Bonchev–Trinajstić information content (AvgIpc) is 3.46. The lowest BCUT2D eigenvalue weighted by molar-refractivity contribution is -0.118. The Hall–Kier alpha value is -4.07. The van der Waals surface area contributed by atoms with Crippen LogP contribution in [0.15, 0.2) is 75.9 Å². The molecule has 4 rings (SSSR count). The fourth-order valence-corrected chi connectivity index (χ4v) is 2.80. The third-order valence-electron chi connectivity index (χ3n) is 4.27. The Kier molecular flexibility index (Phi) is 5.75. The third kappa shape index (κ3) is 4.67. The number of furan rings is 1. The van der Waals surface area contributed by atoms with Crippen molar-refractivity contribution in [2.24, 2.45) is 0 Å². The summed E-state index contributed by atoms with van der Waals surface area (Å²) in [6.07, 6.45) is 1.91. The lowest BCUT2D eigenvalue weighted by atomic mass is 10.1. The van der Waals surface area contributed by atoms with Gasteiger partial charge in [-0.3, -0.25) is 4.79 Å². The van der Waals surface area contributed by atoms with E-state index in [0.29, 0.717) is 35.3 Å². The molecule has 0 bridgehead atoms. The molecule has 0 aliphatic rings. The highest BCUT2D eigenvalue weighted by atomic mass is 16.5. The smallest absolute Gasteiger partial charge is 0.262 e. The second-order valence-corrected chi connectivity index (χ2v) is 6.34. The third-order valence-corrected chi connectivity index (χ3v) is 4.27. The Bertz CT molecular complexity index is 1100. The largest absolute Gasteiger partial charge is 0.497 e. The number of para-hydroxylation sites is 1. The van der Waals surface area contributed by atoms with Crippen molar-refractivity contribution in [1.82, 2.24) is 10.1 Å². The van der Waals surface area contributed by atoms with Crippen LogP contribution in [-0.2, 0) is 11.2 Å². The number of carbonyl (C=O) groups is 1. The maximum absolute atomic E-state index is 12.3. The zero-order valence-corrected chi connectivity index (χ0v) is 16.2. The highest BCUT2D eigenvalue weighted by Crippen LogP contribution is 2.21. The second kappa shape index (κ2) is 8.95. The van der Waals surface area contributed by atoms with Gasteiger partial charge in [0.2, 0.25) is 11.7 Å². The molecule has 2 aromatic heterocycles. The van der Waals surface area contributed by atoms with E-state index >= 15 is 0 Å². The lowest BCUT2D eigenvalue weighted by Gasteiger charge is -2.11. The van der Waals surface area contributed by atoms with Crippen LogP contribution >= 0.6 is 0 Å². The van der Waals surface area contributed by atoms with E-state index in [4.69, 9.17) is 18.4 Å². The number of aromatic nitrogens is 2. The number of hydrogen-bond donors (Lipinski definition) is 1. The fourth-order valence-electron chi connectivity index (χ4n) is 2.80. The van der Waals surface area contributed by atoms with E-state index in [1.807, 2.05) is 24.3 Å². The van der Waals surface area contributed by atoms with E-state index < -0.39 is 0 Å². The van der Waals surface area contributed by atoms with Crippen LogP contribution in [0.4, 0.5) is 5.69 Å². The first-order valence-electron chi connectivity index (χ1n) is 9.22. The number of methoxy groups -OCH3 is 1. The second-order valence-electron chi connectivity index (χ2n) is 6.34. The summed E-state index contributed by atoms with van der Waals surface area (Å²) in [7, 11) is 1.59. The molecular formula is C22H19N3O5. The fraction of sp³-hybridized carbons (Fsp3) is 0.136. The monoisotopic (exact) mass is 405 g/mol. The first-order valence-corrected chi connectivity index (χ1v) is 9.22. The Labute approximate surface area is 172 Å². The van der Waals surface area contributed by atoms with E-state index in [0.717, 1.165) is 11.3 Å². The van der Waals surface area contributed by atoms with Crippen molar-refractivity contribution in [3.8, 4) is 23.1 Å². The zero-order chi connectivity index (χ0) is 20.8. The Morgan fingerprint density at radius 1 is 1.03 bits per heavy atom. The highest BCUT2D eigenvalue weighted by Gasteiger charge is 2.14. The zero-order valence-electron chi connectivity index (χ0n) is 16.2. The number of hydrogen-bond acceptors (Lipinski definition) is 7. The van der Waals surface area contributed by atoms with E-state index in [1.165, 1.54) is 0 Å². The maximum atomic E-state index is 12.3. The van der Waals surface area contributed by atoms with Crippen LogP contribution < -0.4 is 14.8 Å². The van der Waals surface area contributed by atoms with Crippen LogP contribution in [0.3, 0.4) is 0 Å². The summed E-state index contributed by atoms with van der Waals surface area (Å²) in [5.41, 5.74) is 1.49. The summed E-state index contributed by atoms with van der Waals surface area (Å²) in [6.45, 7) is -0.121. The van der Waals surface area contributed by atoms with Gasteiger partial charge in [-0.25, -0.2) is 0 Å². The van der Waals surface area contributed by atoms with Crippen LogP contribution in [0.1, 0.15) is 11.5 Å². The molecule has 2 heterocycles. The van der Waals surface area contributed by atoms with Crippen LogP contribution in [0.25, 0.3) is 11.6 Å². The van der Waals surface area contributed by atoms with Gasteiger partial charge in [0.1, 0.15) is 11.5 Å². The quantitative estimate of drug-likeness (QED) is 0.474. The minimum Gasteiger partial charge on any atom is -0.497 e. The molecule has 0 saturated heterocycles. The van der Waals surface area contributed by atoms with Crippen molar-refractivity contribution in [2.75, 3.05) is 19.0 Å². The molecule has 0 spiro atoms. The van der Waals surface area contributed by atoms with Crippen LogP contribution in [0.5, 0.6) is 11.5 Å². The van der Waals surface area contributed by atoms with Gasteiger partial charge in [0.05, 0.1) is 19.8 Å². The molecule has 0 saturated carbocycles. The maximum Gasteiger partial charge on any atom is 0.262 e. The van der Waals surface area contributed by atoms with Crippen molar-refractivity contribution in [3.05, 3.63) is 78.4 Å². The van der Waals surface area contributed by atoms with Crippen LogP contribution in [0.2, 0.25) is 0 Å². The molecule has 0 radical (unpaired) electrons. The minimum atomic E-state index is -0.278. The first-order chi connectivity index (χ1) is 14.7. The molecule has 0 fully saturated rings. The predicted molar refractivity (Wildman–Crippen MR) is 108 cm³/mol. The Balaban J connectivity index is 1.38. The number of ether oxygens (including phenoxy) is 2. The summed E-state index contributed by atoms with van der Waals surface area (Å²) in [6, 6.07) is 17.9. The summed E-state index contributed by atoms with van der Waals surface area (Å²) < 4.78 is 21.2. The summed E-state index contributed by atoms with van der Waals surface area (Å²) >= 11 is 0. The highest BCUT2D eigenvalue weighted by molar-refractivity contribution is 5.92. The Morgan fingerprint density at radius 2 is 1.83 bits per heavy atom. The molecule has 0 atom stereocenters. The van der Waals surface area contributed by atoms with Gasteiger partial charge in [-0.15, -0.1) is 0 Å². The van der Waals surface area contributed by atoms with Crippen molar-refractivity contribution in [2.45, 2.75) is 6.42 Å². The number of benzene rings is 2. The molecule has 4 aromatic rings. The van der Waals surface area contributed by atoms with Gasteiger partial charge in [-0.1, -0.05) is 23.4 Å². The topological polar surface area (TPSA) is 99.6 Å². The van der Waals surface area contributed by atoms with Crippen molar-refractivity contribution >= 4 is 11.6 Å². The van der Waals surface area contributed by atoms with Crippen molar-refractivity contribution < 1.29 is 23.2 Å². The van der Waals surface area contributed by atoms with Gasteiger partial charge in [-0.2, -0.15) is 4.98 Å². The van der Waals surface area contributed by atoms with E-state index in [1.54, 1.807) is 49.8 Å². The molecule has 0 unspecified atom stereocenters. The molecule has 8 nitrogen and oxygen atoms in total. The molecule has 0 aliphatic carbocycles. The molecule has 152 valence electrons. The minimum absolute atomic E-state index is 0.121. The van der Waals surface area contributed by atoms with Crippen molar-refractivity contribution in [1.29, 1.82) is 0 Å². The molecule has 1 amide bonds. The number of nitrogens with zero attached hydrogens (tertiary/aromatic N) is 2. The normalized spacial score (nSPS) is 10.6. The summed E-state index contributed by atoms with van der Waals surface area (Å²) in [4.78, 5) is 16.7. The molecule has 0 aliphatic heterocycles. The summed E-state index contributed by atoms with van der Waals surface area (Å²) in [5, 5.41) is 6.79. The number of carbonyl (C=O) groups excluding carboxylic acids is 1. The van der Waals surface area contributed by atoms with Gasteiger partial charge in [0, 0.05) is 5.69 Å². The SMILES string of the molecule is COc1ccc(OCC(=O)Nc2ccccc2Cc2nc(-c3ccco3)no2)cc1. The Morgan fingerprint density at radius 3 is 2.60 bits per heavy atom. The van der Waals surface area contributed by atoms with Gasteiger partial charge in [-0.05, 0) is 48.0 Å². The standard InChI is InChI=1S/C22H19N3O5/c1-27-16-8-10-17(11-9-16)29-14-20(26)23-18-6-3-2-5-15(18)13-21-24-22(25-30-21)19-7-4-12-28-19/h2-12H,13-14H2,1H3,(H,23,26). The number of nitrogens with one attached hydrogen (secondary N) is 1. The molecule has 2 aromatic carbocycles. The first kappa shape index (κ1) is 19.3. The van der Waals surface area contributed by atoms with E-state index in [-0.39, 0.29) is 12.5 Å². The molecule has 1 N–H and O–H groups in total. The van der Waals surface area contributed by atoms with Gasteiger partial charge < -0.3 is 23.7 Å². The van der Waals surface area contributed by atoms with Gasteiger partial charge >= 0.3 is 0 Å². The number of rotatable bonds is 8. The molecular weight excluding hydrogens is 386 g/mol. The van der Waals surface area contributed by atoms with E-state index in [2.05, 4.69) is 15.5 Å². The molecule has 8 heteroatoms. The van der Waals surface area contributed by atoms with Crippen LogP contribution in [-0.4, -0.2) is 29.8 Å².